The van der Waals surface area contributed by atoms with Crippen LogP contribution in [-0.4, -0.2) is 8.42 Å². The molecule has 0 aromatic heterocycles. The highest BCUT2D eigenvalue weighted by atomic mass is 79.9. The van der Waals surface area contributed by atoms with E-state index in [1.165, 1.54) is 30.3 Å². The maximum atomic E-state index is 12.2. The monoisotopic (exact) mass is 394 g/mol. The lowest BCUT2D eigenvalue weighted by Crippen LogP contribution is -2.14. The van der Waals surface area contributed by atoms with Crippen molar-refractivity contribution < 1.29 is 8.42 Å². The van der Waals surface area contributed by atoms with E-state index < -0.39 is 10.0 Å². The van der Waals surface area contributed by atoms with E-state index in [2.05, 4.69) is 20.7 Å². The molecule has 0 fully saturated rings. The lowest BCUT2D eigenvalue weighted by Gasteiger charge is -2.11. The van der Waals surface area contributed by atoms with Gasteiger partial charge in [-0.3, -0.25) is 4.72 Å². The van der Waals surface area contributed by atoms with Gasteiger partial charge in [0.25, 0.3) is 10.0 Å². The summed E-state index contributed by atoms with van der Waals surface area (Å²) in [5.74, 6) is 0. The molecule has 4 nitrogen and oxygen atoms in total. The highest BCUT2D eigenvalue weighted by Crippen LogP contribution is 2.28. The molecule has 2 aromatic rings. The first-order chi connectivity index (χ1) is 9.29. The largest absolute Gasteiger partial charge is 0.398 e. The Labute approximate surface area is 135 Å². The van der Waals surface area contributed by atoms with Crippen LogP contribution < -0.4 is 10.5 Å². The summed E-state index contributed by atoms with van der Waals surface area (Å²) >= 11 is 14.8. The van der Waals surface area contributed by atoms with Crippen LogP contribution in [0, 0.1) is 0 Å². The van der Waals surface area contributed by atoms with Gasteiger partial charge in [0.15, 0.2) is 0 Å². The third-order valence-electron chi connectivity index (χ3n) is 2.43. The van der Waals surface area contributed by atoms with Crippen LogP contribution in [0.5, 0.6) is 0 Å². The van der Waals surface area contributed by atoms with Crippen molar-refractivity contribution in [2.24, 2.45) is 0 Å². The molecular weight excluding hydrogens is 387 g/mol. The Kier molecular flexibility index (Phi) is 4.49. The van der Waals surface area contributed by atoms with Crippen LogP contribution in [0.2, 0.25) is 10.0 Å². The number of halogens is 3. The molecule has 2 rings (SSSR count). The van der Waals surface area contributed by atoms with Crippen LogP contribution in [0.4, 0.5) is 11.4 Å². The number of anilines is 2. The minimum atomic E-state index is -3.79. The first-order valence-corrected chi connectivity index (χ1v) is 8.36. The lowest BCUT2D eigenvalue weighted by atomic mass is 10.3. The fraction of sp³-hybridized carbons (Fsp3) is 0. The summed E-state index contributed by atoms with van der Waals surface area (Å²) in [5.41, 5.74) is 6.17. The second-order valence-corrected chi connectivity index (χ2v) is 7.30. The third kappa shape index (κ3) is 3.38. The molecule has 3 N–H and O–H groups in total. The Hall–Kier alpha value is -0.950. The summed E-state index contributed by atoms with van der Waals surface area (Å²) in [5, 5.41) is 0.605. The quantitative estimate of drug-likeness (QED) is 0.767. The fourth-order valence-electron chi connectivity index (χ4n) is 1.53. The zero-order valence-electron chi connectivity index (χ0n) is 9.90. The van der Waals surface area contributed by atoms with Gasteiger partial charge in [0.05, 0.1) is 21.4 Å². The maximum absolute atomic E-state index is 12.2. The van der Waals surface area contributed by atoms with Crippen molar-refractivity contribution >= 4 is 60.5 Å². The molecule has 0 atom stereocenters. The van der Waals surface area contributed by atoms with Crippen LogP contribution in [0.1, 0.15) is 0 Å². The number of hydrogen-bond donors (Lipinski definition) is 2. The van der Waals surface area contributed by atoms with Gasteiger partial charge in [0, 0.05) is 4.47 Å². The van der Waals surface area contributed by atoms with Crippen LogP contribution in [0.25, 0.3) is 0 Å². The lowest BCUT2D eigenvalue weighted by molar-refractivity contribution is 0.601. The van der Waals surface area contributed by atoms with Crippen molar-refractivity contribution in [3.8, 4) is 0 Å². The van der Waals surface area contributed by atoms with E-state index in [-0.39, 0.29) is 15.6 Å². The van der Waals surface area contributed by atoms with E-state index in [0.29, 0.717) is 15.2 Å². The number of rotatable bonds is 3. The van der Waals surface area contributed by atoms with Crippen molar-refractivity contribution in [3.63, 3.8) is 0 Å². The molecule has 8 heteroatoms. The third-order valence-corrected chi connectivity index (χ3v) is 5.12. The van der Waals surface area contributed by atoms with Crippen LogP contribution in [0.3, 0.4) is 0 Å². The Bertz CT molecular complexity index is 766. The molecule has 0 spiro atoms. The average Bonchev–Trinajstić information content (AvgIpc) is 2.33. The van der Waals surface area contributed by atoms with E-state index in [9.17, 15) is 8.42 Å². The summed E-state index contributed by atoms with van der Waals surface area (Å²) in [6.45, 7) is 0. The molecule has 0 aliphatic heterocycles. The topological polar surface area (TPSA) is 72.2 Å². The molecule has 20 heavy (non-hydrogen) atoms. The minimum absolute atomic E-state index is 0.00762. The molecular formula is C12H9BrCl2N2O2S. The van der Waals surface area contributed by atoms with Gasteiger partial charge in [-0.15, -0.1) is 0 Å². The molecule has 0 heterocycles. The highest BCUT2D eigenvalue weighted by Gasteiger charge is 2.18. The molecule has 0 aliphatic carbocycles. The first-order valence-electron chi connectivity index (χ1n) is 5.32. The van der Waals surface area contributed by atoms with Gasteiger partial charge in [-0.05, 0) is 36.4 Å². The van der Waals surface area contributed by atoms with Crippen molar-refractivity contribution in [1.29, 1.82) is 0 Å². The van der Waals surface area contributed by atoms with Gasteiger partial charge in [-0.2, -0.15) is 0 Å². The van der Waals surface area contributed by atoms with Gasteiger partial charge in [-0.1, -0.05) is 39.1 Å². The Morgan fingerprint density at radius 3 is 2.35 bits per heavy atom. The predicted octanol–water partition coefficient (Wildman–Crippen LogP) is 4.14. The van der Waals surface area contributed by atoms with E-state index in [1.54, 1.807) is 6.07 Å². The summed E-state index contributed by atoms with van der Waals surface area (Å²) in [6, 6.07) is 8.98. The molecule has 0 radical (unpaired) electrons. The molecule has 2 aromatic carbocycles. The van der Waals surface area contributed by atoms with Gasteiger partial charge in [0.2, 0.25) is 0 Å². The molecule has 0 saturated carbocycles. The number of benzene rings is 2. The van der Waals surface area contributed by atoms with E-state index in [4.69, 9.17) is 28.9 Å². The molecule has 106 valence electrons. The molecule has 0 bridgehead atoms. The second-order valence-electron chi connectivity index (χ2n) is 3.92. The summed E-state index contributed by atoms with van der Waals surface area (Å²) in [4.78, 5) is -0.00762. The molecule has 0 amide bonds. The Morgan fingerprint density at radius 2 is 1.75 bits per heavy atom. The number of nitrogen functional groups attached to an aromatic ring is 1. The summed E-state index contributed by atoms with van der Waals surface area (Å²) in [6.07, 6.45) is 0. The normalized spacial score (nSPS) is 11.3. The second kappa shape index (κ2) is 5.81. The highest BCUT2D eigenvalue weighted by molar-refractivity contribution is 9.10. The zero-order chi connectivity index (χ0) is 14.9. The van der Waals surface area contributed by atoms with Crippen LogP contribution in [-0.2, 0) is 10.0 Å². The van der Waals surface area contributed by atoms with E-state index in [1.807, 2.05) is 0 Å². The van der Waals surface area contributed by atoms with Gasteiger partial charge in [-0.25, -0.2) is 8.42 Å². The SMILES string of the molecule is Nc1cc(Br)ccc1S(=O)(=O)Nc1ccc(Cl)c(Cl)c1. The van der Waals surface area contributed by atoms with Crippen LogP contribution >= 0.6 is 39.1 Å². The van der Waals surface area contributed by atoms with Gasteiger partial charge < -0.3 is 5.73 Å². The molecule has 0 saturated heterocycles. The van der Waals surface area contributed by atoms with Gasteiger partial charge in [0.1, 0.15) is 4.90 Å². The zero-order valence-corrected chi connectivity index (χ0v) is 13.8. The average molecular weight is 396 g/mol. The smallest absolute Gasteiger partial charge is 0.263 e. The number of nitrogens with two attached hydrogens (primary N) is 1. The molecule has 0 unspecified atom stereocenters. The number of nitrogens with one attached hydrogen (secondary N) is 1. The van der Waals surface area contributed by atoms with Crippen molar-refractivity contribution in [1.82, 2.24) is 0 Å². The summed E-state index contributed by atoms with van der Waals surface area (Å²) in [7, 11) is -3.79. The predicted molar refractivity (Wildman–Crippen MR) is 85.8 cm³/mol. The fourth-order valence-corrected chi connectivity index (χ4v) is 3.37. The van der Waals surface area contributed by atoms with Gasteiger partial charge >= 0.3 is 0 Å². The molecule has 0 aliphatic rings. The van der Waals surface area contributed by atoms with E-state index >= 15 is 0 Å². The Morgan fingerprint density at radius 1 is 1.05 bits per heavy atom. The van der Waals surface area contributed by atoms with E-state index in [0.717, 1.165) is 0 Å². The Balaban J connectivity index is 2.38. The minimum Gasteiger partial charge on any atom is -0.398 e. The maximum Gasteiger partial charge on any atom is 0.263 e. The van der Waals surface area contributed by atoms with Crippen molar-refractivity contribution in [2.45, 2.75) is 4.90 Å². The van der Waals surface area contributed by atoms with Crippen molar-refractivity contribution in [3.05, 3.63) is 50.9 Å². The van der Waals surface area contributed by atoms with Crippen molar-refractivity contribution in [2.75, 3.05) is 10.5 Å². The summed E-state index contributed by atoms with van der Waals surface area (Å²) < 4.78 is 27.6. The van der Waals surface area contributed by atoms with Crippen LogP contribution in [0.15, 0.2) is 45.8 Å². The number of hydrogen-bond acceptors (Lipinski definition) is 3. The standard InChI is InChI=1S/C12H9BrCl2N2O2S/c13-7-1-4-12(11(16)5-7)20(18,19)17-8-2-3-9(14)10(15)6-8/h1-6,17H,16H2. The number of sulfonamides is 1. The first kappa shape index (κ1) is 15.4.